The zero-order valence-electron chi connectivity index (χ0n) is 22.4. The van der Waals surface area contributed by atoms with Gasteiger partial charge in [0.25, 0.3) is 0 Å². The molecule has 9 nitrogen and oxygen atoms in total. The van der Waals surface area contributed by atoms with E-state index >= 15 is 0 Å². The van der Waals surface area contributed by atoms with Crippen LogP contribution in [0.25, 0.3) is 0 Å². The van der Waals surface area contributed by atoms with Crippen LogP contribution in [0.1, 0.15) is 57.8 Å². The molecule has 0 aliphatic heterocycles. The minimum atomic E-state index is -0.956. The zero-order valence-corrected chi connectivity index (χ0v) is 23.2. The van der Waals surface area contributed by atoms with Crippen LogP contribution in [0.4, 0.5) is 5.00 Å². The normalized spacial score (nSPS) is 12.5. The Hall–Kier alpha value is -4.18. The van der Waals surface area contributed by atoms with Crippen molar-refractivity contribution in [3.8, 4) is 11.5 Å². The second-order valence-electron chi connectivity index (χ2n) is 9.01. The lowest BCUT2D eigenvalue weighted by molar-refractivity contribution is -0.136. The maximum Gasteiger partial charge on any atom is 0.341 e. The van der Waals surface area contributed by atoms with E-state index in [1.54, 1.807) is 39.2 Å². The molecule has 0 saturated carbocycles. The van der Waals surface area contributed by atoms with Gasteiger partial charge in [0.1, 0.15) is 11.6 Å². The molecule has 39 heavy (non-hydrogen) atoms. The molecule has 0 saturated heterocycles. The van der Waals surface area contributed by atoms with E-state index in [1.165, 1.54) is 16.9 Å². The number of esters is 1. The Kier molecular flexibility index (Phi) is 8.98. The first-order valence-electron chi connectivity index (χ1n) is 12.6. The highest BCUT2D eigenvalue weighted by Gasteiger charge is 2.29. The predicted octanol–water partition coefficient (Wildman–Crippen LogP) is 4.79. The smallest absolute Gasteiger partial charge is 0.341 e. The molecule has 10 heteroatoms. The van der Waals surface area contributed by atoms with Crippen molar-refractivity contribution in [3.63, 3.8) is 0 Å². The van der Waals surface area contributed by atoms with Gasteiger partial charge in [-0.2, -0.15) is 5.10 Å². The SMILES string of the molecule is CCOC(=O)c1c(NC(=O)C(=O)N/N=C(\C)c2ccc(OCc3ccc(C)cc3)c(OC)c2)sc2c1CCC2. The van der Waals surface area contributed by atoms with Crippen LogP contribution in [-0.4, -0.2) is 37.2 Å². The van der Waals surface area contributed by atoms with E-state index in [0.717, 1.165) is 35.3 Å². The minimum Gasteiger partial charge on any atom is -0.493 e. The van der Waals surface area contributed by atoms with E-state index in [1.807, 2.05) is 31.2 Å². The van der Waals surface area contributed by atoms with Crippen LogP contribution < -0.4 is 20.2 Å². The Bertz CT molecular complexity index is 1410. The number of amides is 2. The first kappa shape index (κ1) is 27.8. The number of methoxy groups -OCH3 is 1. The van der Waals surface area contributed by atoms with Crippen LogP contribution in [0.3, 0.4) is 0 Å². The number of carbonyl (C=O) groups excluding carboxylic acids is 3. The third-order valence-electron chi connectivity index (χ3n) is 6.26. The summed E-state index contributed by atoms with van der Waals surface area (Å²) in [6, 6.07) is 13.4. The highest BCUT2D eigenvalue weighted by molar-refractivity contribution is 7.17. The number of anilines is 1. The monoisotopic (exact) mass is 549 g/mol. The van der Waals surface area contributed by atoms with E-state index in [9.17, 15) is 14.4 Å². The molecule has 1 aromatic heterocycles. The second kappa shape index (κ2) is 12.6. The van der Waals surface area contributed by atoms with E-state index in [0.29, 0.717) is 39.9 Å². The molecule has 2 N–H and O–H groups in total. The minimum absolute atomic E-state index is 0.218. The lowest BCUT2D eigenvalue weighted by atomic mass is 10.1. The topological polar surface area (TPSA) is 115 Å². The van der Waals surface area contributed by atoms with E-state index in [2.05, 4.69) is 15.8 Å². The fourth-order valence-corrected chi connectivity index (χ4v) is 5.45. The standard InChI is InChI=1S/C29H31N3O6S/c1-5-37-29(35)25-21-7-6-8-24(21)39-28(25)30-26(33)27(34)32-31-18(3)20-13-14-22(23(15-20)36-4)38-16-19-11-9-17(2)10-12-19/h9-15H,5-8,16H2,1-4H3,(H,30,33)(H,32,34)/b31-18+. The quantitative estimate of drug-likeness (QED) is 0.172. The van der Waals surface area contributed by atoms with E-state index < -0.39 is 17.8 Å². The number of nitrogens with zero attached hydrogens (tertiary/aromatic N) is 1. The molecule has 4 rings (SSSR count). The molecule has 2 aromatic carbocycles. The van der Waals surface area contributed by atoms with Crippen LogP contribution in [0.15, 0.2) is 47.6 Å². The van der Waals surface area contributed by atoms with Gasteiger partial charge in [0, 0.05) is 10.4 Å². The van der Waals surface area contributed by atoms with Crippen molar-refractivity contribution >= 4 is 39.8 Å². The zero-order chi connectivity index (χ0) is 27.9. The molecule has 0 spiro atoms. The molecule has 0 bridgehead atoms. The van der Waals surface area contributed by atoms with Crippen LogP contribution in [0, 0.1) is 6.92 Å². The summed E-state index contributed by atoms with van der Waals surface area (Å²) in [5, 5.41) is 6.96. The number of fused-ring (bicyclic) bond motifs is 1. The molecular formula is C29H31N3O6S. The van der Waals surface area contributed by atoms with Crippen molar-refractivity contribution in [2.75, 3.05) is 19.0 Å². The molecule has 1 aliphatic rings. The third kappa shape index (κ3) is 6.64. The highest BCUT2D eigenvalue weighted by Crippen LogP contribution is 2.39. The molecule has 0 atom stereocenters. The van der Waals surface area contributed by atoms with Gasteiger partial charge >= 0.3 is 17.8 Å². The number of rotatable bonds is 9. The molecule has 2 amide bonds. The van der Waals surface area contributed by atoms with E-state index in [4.69, 9.17) is 14.2 Å². The second-order valence-corrected chi connectivity index (χ2v) is 10.1. The number of benzene rings is 2. The van der Waals surface area contributed by atoms with Crippen molar-refractivity contribution in [2.24, 2.45) is 5.10 Å². The van der Waals surface area contributed by atoms with Gasteiger partial charge in [0.2, 0.25) is 0 Å². The van der Waals surface area contributed by atoms with Gasteiger partial charge in [-0.05, 0) is 69.4 Å². The summed E-state index contributed by atoms with van der Waals surface area (Å²) < 4.78 is 16.6. The summed E-state index contributed by atoms with van der Waals surface area (Å²) in [5.41, 5.74) is 6.86. The number of thiophene rings is 1. The van der Waals surface area contributed by atoms with Gasteiger partial charge in [-0.15, -0.1) is 11.3 Å². The first-order valence-corrected chi connectivity index (χ1v) is 13.5. The molecular weight excluding hydrogens is 518 g/mol. The largest absolute Gasteiger partial charge is 0.493 e. The van der Waals surface area contributed by atoms with Crippen molar-refractivity contribution in [3.05, 3.63) is 75.2 Å². The van der Waals surface area contributed by atoms with Crippen LogP contribution in [0.5, 0.6) is 11.5 Å². The van der Waals surface area contributed by atoms with Gasteiger partial charge in [-0.1, -0.05) is 29.8 Å². The van der Waals surface area contributed by atoms with Gasteiger partial charge in [0.05, 0.1) is 25.0 Å². The summed E-state index contributed by atoms with van der Waals surface area (Å²) in [4.78, 5) is 38.6. The maximum absolute atomic E-state index is 12.6. The summed E-state index contributed by atoms with van der Waals surface area (Å²) in [6.45, 7) is 6.05. The van der Waals surface area contributed by atoms with Crippen LogP contribution >= 0.6 is 11.3 Å². The van der Waals surface area contributed by atoms with Gasteiger partial charge in [-0.25, -0.2) is 10.2 Å². The first-order chi connectivity index (χ1) is 18.8. The third-order valence-corrected chi connectivity index (χ3v) is 7.46. The lowest BCUT2D eigenvalue weighted by Crippen LogP contribution is -2.33. The molecule has 1 heterocycles. The number of ether oxygens (including phenoxy) is 3. The molecule has 0 radical (unpaired) electrons. The Labute approximate surface area is 231 Å². The Morgan fingerprint density at radius 3 is 2.51 bits per heavy atom. The summed E-state index contributed by atoms with van der Waals surface area (Å²) >= 11 is 1.30. The summed E-state index contributed by atoms with van der Waals surface area (Å²) in [7, 11) is 1.54. The van der Waals surface area contributed by atoms with Gasteiger partial charge < -0.3 is 19.5 Å². The van der Waals surface area contributed by atoms with Crippen molar-refractivity contribution in [1.82, 2.24) is 5.43 Å². The molecule has 0 fully saturated rings. The van der Waals surface area contributed by atoms with Crippen molar-refractivity contribution in [2.45, 2.75) is 46.6 Å². The molecule has 204 valence electrons. The molecule has 0 unspecified atom stereocenters. The Balaban J connectivity index is 1.40. The number of hydrogen-bond acceptors (Lipinski definition) is 8. The lowest BCUT2D eigenvalue weighted by Gasteiger charge is -2.12. The summed E-state index contributed by atoms with van der Waals surface area (Å²) in [5.74, 6) is -1.30. The average Bonchev–Trinajstić information content (AvgIpc) is 3.52. The average molecular weight is 550 g/mol. The fraction of sp³-hybridized carbons (Fsp3) is 0.310. The van der Waals surface area contributed by atoms with E-state index in [-0.39, 0.29) is 6.61 Å². The Morgan fingerprint density at radius 1 is 1.03 bits per heavy atom. The highest BCUT2D eigenvalue weighted by atomic mass is 32.1. The predicted molar refractivity (Wildman–Crippen MR) is 150 cm³/mol. The maximum atomic E-state index is 12.6. The number of carbonyl (C=O) groups is 3. The number of hydrogen-bond donors (Lipinski definition) is 2. The van der Waals surface area contributed by atoms with Crippen molar-refractivity contribution < 1.29 is 28.6 Å². The number of aryl methyl sites for hydroxylation is 2. The van der Waals surface area contributed by atoms with Crippen molar-refractivity contribution in [1.29, 1.82) is 0 Å². The van der Waals surface area contributed by atoms with Crippen LogP contribution in [-0.2, 0) is 33.8 Å². The number of hydrazone groups is 1. The van der Waals surface area contributed by atoms with Crippen LogP contribution in [0.2, 0.25) is 0 Å². The van der Waals surface area contributed by atoms with Gasteiger partial charge in [0.15, 0.2) is 11.5 Å². The Morgan fingerprint density at radius 2 is 1.79 bits per heavy atom. The molecule has 1 aliphatic carbocycles. The summed E-state index contributed by atoms with van der Waals surface area (Å²) in [6.07, 6.45) is 2.52. The molecule has 3 aromatic rings. The fourth-order valence-electron chi connectivity index (χ4n) is 4.18. The number of nitrogens with one attached hydrogen (secondary N) is 2. The van der Waals surface area contributed by atoms with Gasteiger partial charge in [-0.3, -0.25) is 9.59 Å².